The lowest BCUT2D eigenvalue weighted by atomic mass is 10.2. The minimum Gasteiger partial charge on any atom is -0.272 e. The molecule has 0 heterocycles. The van der Waals surface area contributed by atoms with Crippen LogP contribution in [0, 0.1) is 6.92 Å². The van der Waals surface area contributed by atoms with Crippen LogP contribution in [0.5, 0.6) is 0 Å². The van der Waals surface area contributed by atoms with E-state index in [4.69, 9.17) is 23.2 Å². The predicted molar refractivity (Wildman–Crippen MR) is 103 cm³/mol. The van der Waals surface area contributed by atoms with Gasteiger partial charge in [-0.15, -0.1) is 0 Å². The first-order valence-corrected chi connectivity index (χ1v) is 9.70. The summed E-state index contributed by atoms with van der Waals surface area (Å²) in [5, 5.41) is 4.54. The summed E-state index contributed by atoms with van der Waals surface area (Å²) >= 11 is 12.0. The molecule has 2 aromatic rings. The Balaban J connectivity index is 2.01. The van der Waals surface area contributed by atoms with Gasteiger partial charge < -0.3 is 0 Å². The summed E-state index contributed by atoms with van der Waals surface area (Å²) in [4.78, 5) is 12.1. The second-order valence-electron chi connectivity index (χ2n) is 5.50. The van der Waals surface area contributed by atoms with Gasteiger partial charge in [0.25, 0.3) is 5.91 Å². The standard InChI is InChI=1S/C17H17Cl2N3O3S/c1-12-6-8-13(9-7-12)26(24,25)22(2)11-17(23)21-20-10-14-15(18)4-3-5-16(14)19/h3-10H,11H2,1-2H3,(H,21,23)/b20-10-. The monoisotopic (exact) mass is 413 g/mol. The van der Waals surface area contributed by atoms with Gasteiger partial charge >= 0.3 is 0 Å². The number of nitrogens with zero attached hydrogens (tertiary/aromatic N) is 2. The van der Waals surface area contributed by atoms with E-state index in [1.807, 2.05) is 6.92 Å². The third kappa shape index (κ3) is 5.04. The molecule has 0 bridgehead atoms. The summed E-state index contributed by atoms with van der Waals surface area (Å²) in [5.41, 5.74) is 3.65. The van der Waals surface area contributed by atoms with Crippen molar-refractivity contribution in [2.75, 3.05) is 13.6 Å². The highest BCUT2D eigenvalue weighted by molar-refractivity contribution is 7.89. The average molecular weight is 414 g/mol. The van der Waals surface area contributed by atoms with Crippen molar-refractivity contribution in [3.8, 4) is 0 Å². The summed E-state index contributed by atoms with van der Waals surface area (Å²) in [6, 6.07) is 11.3. The maximum Gasteiger partial charge on any atom is 0.255 e. The summed E-state index contributed by atoms with van der Waals surface area (Å²) in [6.45, 7) is 1.47. The highest BCUT2D eigenvalue weighted by Crippen LogP contribution is 2.22. The van der Waals surface area contributed by atoms with Gasteiger partial charge in [-0.25, -0.2) is 13.8 Å². The van der Waals surface area contributed by atoms with Crippen LogP contribution in [-0.2, 0) is 14.8 Å². The molecule has 0 unspecified atom stereocenters. The molecule has 1 amide bonds. The fraction of sp³-hybridized carbons (Fsp3) is 0.176. The van der Waals surface area contributed by atoms with Gasteiger partial charge in [-0.1, -0.05) is 47.0 Å². The van der Waals surface area contributed by atoms with Crippen molar-refractivity contribution < 1.29 is 13.2 Å². The second-order valence-corrected chi connectivity index (χ2v) is 8.36. The Kier molecular flexibility index (Phi) is 6.77. The van der Waals surface area contributed by atoms with Crippen molar-refractivity contribution in [2.24, 2.45) is 5.10 Å². The van der Waals surface area contributed by atoms with Crippen LogP contribution >= 0.6 is 23.2 Å². The number of hydrazone groups is 1. The molecular weight excluding hydrogens is 397 g/mol. The normalized spacial score (nSPS) is 11.9. The minimum atomic E-state index is -3.76. The molecule has 138 valence electrons. The summed E-state index contributed by atoms with van der Waals surface area (Å²) in [5.74, 6) is -0.595. The lowest BCUT2D eigenvalue weighted by molar-refractivity contribution is -0.121. The van der Waals surface area contributed by atoms with Gasteiger partial charge in [0, 0.05) is 12.6 Å². The molecule has 0 spiro atoms. The molecule has 0 aromatic heterocycles. The van der Waals surface area contributed by atoms with Gasteiger partial charge in [0.05, 0.1) is 27.7 Å². The van der Waals surface area contributed by atoms with Crippen LogP contribution in [0.15, 0.2) is 52.5 Å². The first-order valence-electron chi connectivity index (χ1n) is 7.50. The van der Waals surface area contributed by atoms with Crippen LogP contribution in [0.4, 0.5) is 0 Å². The van der Waals surface area contributed by atoms with Crippen LogP contribution in [0.3, 0.4) is 0 Å². The van der Waals surface area contributed by atoms with E-state index in [-0.39, 0.29) is 11.4 Å². The van der Waals surface area contributed by atoms with E-state index in [1.54, 1.807) is 30.3 Å². The number of nitrogens with one attached hydrogen (secondary N) is 1. The van der Waals surface area contributed by atoms with E-state index in [2.05, 4.69) is 10.5 Å². The number of aryl methyl sites for hydroxylation is 1. The first-order chi connectivity index (χ1) is 12.2. The largest absolute Gasteiger partial charge is 0.272 e. The Bertz CT molecular complexity index is 909. The number of carbonyl (C=O) groups excluding carboxylic acids is 1. The van der Waals surface area contributed by atoms with Gasteiger partial charge in [0.2, 0.25) is 10.0 Å². The van der Waals surface area contributed by atoms with Gasteiger partial charge in [-0.3, -0.25) is 4.79 Å². The lowest BCUT2D eigenvalue weighted by Crippen LogP contribution is -2.36. The number of amides is 1. The van der Waals surface area contributed by atoms with Gasteiger partial charge in [0.15, 0.2) is 0 Å². The molecule has 2 rings (SSSR count). The lowest BCUT2D eigenvalue weighted by Gasteiger charge is -2.16. The third-order valence-corrected chi connectivity index (χ3v) is 5.95. The molecule has 1 N–H and O–H groups in total. The molecule has 0 aliphatic carbocycles. The number of likely N-dealkylation sites (N-methyl/N-ethyl adjacent to an activating group) is 1. The minimum absolute atomic E-state index is 0.116. The summed E-state index contributed by atoms with van der Waals surface area (Å²) in [7, 11) is -2.44. The van der Waals surface area contributed by atoms with E-state index < -0.39 is 15.9 Å². The van der Waals surface area contributed by atoms with E-state index in [0.29, 0.717) is 15.6 Å². The Morgan fingerprint density at radius 3 is 2.31 bits per heavy atom. The molecule has 9 heteroatoms. The molecule has 0 saturated carbocycles. The van der Waals surface area contributed by atoms with Crippen LogP contribution in [0.25, 0.3) is 0 Å². The van der Waals surface area contributed by atoms with Crippen molar-refractivity contribution in [1.29, 1.82) is 0 Å². The smallest absolute Gasteiger partial charge is 0.255 e. The zero-order valence-corrected chi connectivity index (χ0v) is 16.4. The van der Waals surface area contributed by atoms with Crippen molar-refractivity contribution in [2.45, 2.75) is 11.8 Å². The number of benzene rings is 2. The van der Waals surface area contributed by atoms with Crippen LogP contribution in [0.2, 0.25) is 10.0 Å². The maximum atomic E-state index is 12.4. The average Bonchev–Trinajstić information content (AvgIpc) is 2.58. The van der Waals surface area contributed by atoms with Crippen molar-refractivity contribution in [3.05, 3.63) is 63.6 Å². The van der Waals surface area contributed by atoms with Gasteiger partial charge in [0.1, 0.15) is 0 Å². The van der Waals surface area contributed by atoms with Crippen molar-refractivity contribution in [3.63, 3.8) is 0 Å². The van der Waals surface area contributed by atoms with Crippen molar-refractivity contribution >= 4 is 45.3 Å². The number of hydrogen-bond donors (Lipinski definition) is 1. The summed E-state index contributed by atoms with van der Waals surface area (Å²) in [6.07, 6.45) is 1.30. The maximum absolute atomic E-state index is 12.4. The molecule has 0 atom stereocenters. The molecule has 6 nitrogen and oxygen atoms in total. The molecule has 26 heavy (non-hydrogen) atoms. The first kappa shape index (κ1) is 20.4. The highest BCUT2D eigenvalue weighted by Gasteiger charge is 2.22. The molecule has 0 saturated heterocycles. The van der Waals surface area contributed by atoms with Crippen molar-refractivity contribution in [1.82, 2.24) is 9.73 Å². The number of hydrogen-bond acceptors (Lipinski definition) is 4. The second kappa shape index (κ2) is 8.64. The topological polar surface area (TPSA) is 78.8 Å². The molecule has 0 radical (unpaired) electrons. The predicted octanol–water partition coefficient (Wildman–Crippen LogP) is 3.07. The fourth-order valence-corrected chi connectivity index (χ4v) is 3.64. The Hall–Kier alpha value is -1.93. The zero-order chi connectivity index (χ0) is 19.3. The van der Waals surface area contributed by atoms with Gasteiger partial charge in [-0.2, -0.15) is 9.41 Å². The molecule has 0 aliphatic rings. The number of sulfonamides is 1. The van der Waals surface area contributed by atoms with Gasteiger partial charge in [-0.05, 0) is 31.2 Å². The highest BCUT2D eigenvalue weighted by atomic mass is 35.5. The Labute approximate surface area is 162 Å². The van der Waals surface area contributed by atoms with E-state index in [9.17, 15) is 13.2 Å². The quantitative estimate of drug-likeness (QED) is 0.583. The van der Waals surface area contributed by atoms with E-state index in [0.717, 1.165) is 9.87 Å². The van der Waals surface area contributed by atoms with Crippen LogP contribution < -0.4 is 5.43 Å². The fourth-order valence-electron chi connectivity index (χ4n) is 2.02. The molecule has 2 aromatic carbocycles. The molecule has 0 aliphatic heterocycles. The Morgan fingerprint density at radius 1 is 1.15 bits per heavy atom. The number of rotatable bonds is 6. The summed E-state index contributed by atoms with van der Waals surface area (Å²) < 4.78 is 25.8. The third-order valence-electron chi connectivity index (χ3n) is 3.48. The molecular formula is C17H17Cl2N3O3S. The zero-order valence-electron chi connectivity index (χ0n) is 14.1. The SMILES string of the molecule is Cc1ccc(S(=O)(=O)N(C)CC(=O)N/N=C\c2c(Cl)cccc2Cl)cc1. The molecule has 0 fully saturated rings. The van der Waals surface area contributed by atoms with E-state index >= 15 is 0 Å². The van der Waals surface area contributed by atoms with Crippen LogP contribution in [-0.4, -0.2) is 38.4 Å². The number of carbonyl (C=O) groups is 1. The van der Waals surface area contributed by atoms with E-state index in [1.165, 1.54) is 25.4 Å². The van der Waals surface area contributed by atoms with Crippen LogP contribution in [0.1, 0.15) is 11.1 Å². The Morgan fingerprint density at radius 2 is 1.73 bits per heavy atom. The number of halogens is 2.